The number of nitro benzene ring substituents is 1. The number of likely N-dealkylation sites (N-methyl/N-ethyl adjacent to an activating group) is 1. The number of rotatable bonds is 3. The van der Waals surface area contributed by atoms with E-state index in [2.05, 4.69) is 16.7 Å². The molecule has 0 aliphatic carbocycles. The number of carbonyl (C=O) groups is 2. The molecule has 0 saturated carbocycles. The Hall–Kier alpha value is -2.68. The molecule has 1 aromatic carbocycles. The molecule has 9 nitrogen and oxygen atoms in total. The fourth-order valence-corrected chi connectivity index (χ4v) is 2.02. The Balaban J connectivity index is 0.000000263. The molecule has 1 saturated heterocycles. The van der Waals surface area contributed by atoms with Gasteiger partial charge in [-0.15, -0.1) is 0 Å². The summed E-state index contributed by atoms with van der Waals surface area (Å²) in [5.41, 5.74) is -0.422. The molecule has 0 radical (unpaired) electrons. The van der Waals surface area contributed by atoms with Gasteiger partial charge in [-0.1, -0.05) is 0 Å². The van der Waals surface area contributed by atoms with E-state index in [1.54, 1.807) is 4.90 Å². The quantitative estimate of drug-likeness (QED) is 0.459. The molecule has 0 bridgehead atoms. The summed E-state index contributed by atoms with van der Waals surface area (Å²) in [7, 11) is 2.06. The molecule has 144 valence electrons. The summed E-state index contributed by atoms with van der Waals surface area (Å²) in [5, 5.41) is 10.2. The Morgan fingerprint density at radius 3 is 2.12 bits per heavy atom. The third kappa shape index (κ3) is 7.93. The SMILES string of the molecule is CN1CCN(C(=O)OC(C)(C)C)CC1.O=COc1ccc([N+](=O)[O-])cc1. The van der Waals surface area contributed by atoms with Crippen LogP contribution in [0, 0.1) is 10.1 Å². The van der Waals surface area contributed by atoms with Crippen molar-refractivity contribution in [2.24, 2.45) is 0 Å². The van der Waals surface area contributed by atoms with Gasteiger partial charge < -0.3 is 19.3 Å². The van der Waals surface area contributed by atoms with Crippen LogP contribution in [0.5, 0.6) is 5.75 Å². The van der Waals surface area contributed by atoms with Gasteiger partial charge in [0.1, 0.15) is 11.4 Å². The van der Waals surface area contributed by atoms with Crippen molar-refractivity contribution in [3.63, 3.8) is 0 Å². The summed E-state index contributed by atoms with van der Waals surface area (Å²) < 4.78 is 9.72. The first-order valence-electron chi connectivity index (χ1n) is 8.13. The summed E-state index contributed by atoms with van der Waals surface area (Å²) in [4.78, 5) is 35.1. The van der Waals surface area contributed by atoms with Gasteiger partial charge in [-0.25, -0.2) is 4.79 Å². The zero-order chi connectivity index (χ0) is 19.7. The molecular weight excluding hydrogens is 342 g/mol. The molecule has 0 N–H and O–H groups in total. The Labute approximate surface area is 152 Å². The lowest BCUT2D eigenvalue weighted by atomic mass is 10.2. The first kappa shape index (κ1) is 21.4. The molecular formula is C17H25N3O6. The van der Waals surface area contributed by atoms with Crippen LogP contribution in [0.4, 0.5) is 10.5 Å². The number of piperazine rings is 1. The van der Waals surface area contributed by atoms with Crippen LogP contribution in [0.3, 0.4) is 0 Å². The third-order valence-corrected chi connectivity index (χ3v) is 3.39. The minimum absolute atomic E-state index is 0.0340. The second-order valence-electron chi connectivity index (χ2n) is 6.74. The molecule has 26 heavy (non-hydrogen) atoms. The van der Waals surface area contributed by atoms with Gasteiger partial charge in [-0.05, 0) is 40.0 Å². The molecule has 1 aliphatic rings. The van der Waals surface area contributed by atoms with Crippen LogP contribution in [0.2, 0.25) is 0 Å². The van der Waals surface area contributed by atoms with Crippen molar-refractivity contribution >= 4 is 18.3 Å². The van der Waals surface area contributed by atoms with E-state index in [-0.39, 0.29) is 29.6 Å². The van der Waals surface area contributed by atoms with Crippen molar-refractivity contribution in [1.29, 1.82) is 0 Å². The van der Waals surface area contributed by atoms with E-state index < -0.39 is 4.92 Å². The summed E-state index contributed by atoms with van der Waals surface area (Å²) in [6, 6.07) is 5.23. The van der Waals surface area contributed by atoms with Gasteiger partial charge in [-0.2, -0.15) is 0 Å². The number of benzene rings is 1. The predicted octanol–water partition coefficient (Wildman–Crippen LogP) is 2.30. The number of ether oxygens (including phenoxy) is 2. The molecule has 1 aliphatic heterocycles. The predicted molar refractivity (Wildman–Crippen MR) is 95.1 cm³/mol. The summed E-state index contributed by atoms with van der Waals surface area (Å²) in [5.74, 6) is 0.288. The maximum absolute atomic E-state index is 11.6. The Morgan fingerprint density at radius 2 is 1.69 bits per heavy atom. The number of hydrogen-bond donors (Lipinski definition) is 0. The van der Waals surface area contributed by atoms with Crippen molar-refractivity contribution in [2.75, 3.05) is 33.2 Å². The lowest BCUT2D eigenvalue weighted by molar-refractivity contribution is -0.384. The lowest BCUT2D eigenvalue weighted by Gasteiger charge is -2.33. The van der Waals surface area contributed by atoms with Gasteiger partial charge in [0, 0.05) is 38.3 Å². The first-order chi connectivity index (χ1) is 12.1. The van der Waals surface area contributed by atoms with Crippen LogP contribution in [-0.4, -0.2) is 66.1 Å². The van der Waals surface area contributed by atoms with Crippen LogP contribution in [0.15, 0.2) is 24.3 Å². The Bertz CT molecular complexity index is 604. The van der Waals surface area contributed by atoms with Crippen LogP contribution in [-0.2, 0) is 9.53 Å². The molecule has 0 atom stereocenters. The number of amides is 1. The molecule has 0 unspecified atom stereocenters. The molecule has 9 heteroatoms. The molecule has 0 aromatic heterocycles. The van der Waals surface area contributed by atoms with Gasteiger partial charge in [0.15, 0.2) is 0 Å². The van der Waals surface area contributed by atoms with Crippen molar-refractivity contribution in [3.05, 3.63) is 34.4 Å². The fourth-order valence-electron chi connectivity index (χ4n) is 2.02. The highest BCUT2D eigenvalue weighted by Gasteiger charge is 2.24. The normalized spacial score (nSPS) is 14.7. The van der Waals surface area contributed by atoms with E-state index in [0.717, 1.165) is 26.2 Å². The molecule has 0 spiro atoms. The standard InChI is InChI=1S/C10H20N2O2.C7H5NO4/c1-10(2,3)14-9(13)12-7-5-11(4)6-8-12;9-5-12-7-3-1-6(2-4-7)8(10)11/h5-8H2,1-4H3;1-5H. The highest BCUT2D eigenvalue weighted by Crippen LogP contribution is 2.16. The van der Waals surface area contributed by atoms with Gasteiger partial charge in [0.05, 0.1) is 4.92 Å². The zero-order valence-corrected chi connectivity index (χ0v) is 15.5. The smallest absolute Gasteiger partial charge is 0.410 e. The third-order valence-electron chi connectivity index (χ3n) is 3.39. The second-order valence-corrected chi connectivity index (χ2v) is 6.74. The lowest BCUT2D eigenvalue weighted by Crippen LogP contribution is -2.48. The molecule has 1 fully saturated rings. The van der Waals surface area contributed by atoms with E-state index in [0.29, 0.717) is 0 Å². The number of nitrogens with zero attached hydrogens (tertiary/aromatic N) is 3. The van der Waals surface area contributed by atoms with Crippen molar-refractivity contribution in [1.82, 2.24) is 9.80 Å². The highest BCUT2D eigenvalue weighted by molar-refractivity contribution is 5.68. The van der Waals surface area contributed by atoms with Crippen LogP contribution >= 0.6 is 0 Å². The molecule has 1 aromatic rings. The molecule has 1 amide bonds. The number of non-ortho nitro benzene ring substituents is 1. The van der Waals surface area contributed by atoms with Gasteiger partial charge in [-0.3, -0.25) is 14.9 Å². The number of carbonyl (C=O) groups excluding carboxylic acids is 2. The van der Waals surface area contributed by atoms with E-state index >= 15 is 0 Å². The minimum atomic E-state index is -0.523. The van der Waals surface area contributed by atoms with Crippen molar-refractivity contribution < 1.29 is 24.0 Å². The van der Waals surface area contributed by atoms with E-state index in [4.69, 9.17) is 4.74 Å². The highest BCUT2D eigenvalue weighted by atomic mass is 16.6. The van der Waals surface area contributed by atoms with Crippen LogP contribution < -0.4 is 4.74 Å². The Kier molecular flexibility index (Phi) is 7.98. The number of nitro groups is 1. The zero-order valence-electron chi connectivity index (χ0n) is 15.5. The molecule has 1 heterocycles. The van der Waals surface area contributed by atoms with E-state index in [1.807, 2.05) is 20.8 Å². The summed E-state index contributed by atoms with van der Waals surface area (Å²) in [6.07, 6.45) is -0.189. The summed E-state index contributed by atoms with van der Waals surface area (Å²) in [6.45, 7) is 9.33. The van der Waals surface area contributed by atoms with Crippen LogP contribution in [0.1, 0.15) is 20.8 Å². The Morgan fingerprint density at radius 1 is 1.15 bits per heavy atom. The van der Waals surface area contributed by atoms with Gasteiger partial charge in [0.2, 0.25) is 0 Å². The number of hydrogen-bond acceptors (Lipinski definition) is 7. The maximum Gasteiger partial charge on any atom is 0.410 e. The van der Waals surface area contributed by atoms with Gasteiger partial charge >= 0.3 is 6.09 Å². The maximum atomic E-state index is 11.6. The van der Waals surface area contributed by atoms with E-state index in [9.17, 15) is 19.7 Å². The second kappa shape index (κ2) is 9.71. The van der Waals surface area contributed by atoms with Gasteiger partial charge in [0.25, 0.3) is 12.2 Å². The van der Waals surface area contributed by atoms with Crippen molar-refractivity contribution in [2.45, 2.75) is 26.4 Å². The van der Waals surface area contributed by atoms with E-state index in [1.165, 1.54) is 24.3 Å². The monoisotopic (exact) mass is 367 g/mol. The average Bonchev–Trinajstić information content (AvgIpc) is 2.55. The minimum Gasteiger partial charge on any atom is -0.444 e. The van der Waals surface area contributed by atoms with Crippen LogP contribution in [0.25, 0.3) is 0 Å². The summed E-state index contributed by atoms with van der Waals surface area (Å²) >= 11 is 0. The largest absolute Gasteiger partial charge is 0.444 e. The topological polar surface area (TPSA) is 102 Å². The molecule has 2 rings (SSSR count). The fraction of sp³-hybridized carbons (Fsp3) is 0.529. The average molecular weight is 367 g/mol. The van der Waals surface area contributed by atoms with Crippen molar-refractivity contribution in [3.8, 4) is 5.75 Å². The first-order valence-corrected chi connectivity index (χ1v) is 8.13.